The largest absolute Gasteiger partial charge is 0.373 e. The van der Waals surface area contributed by atoms with Crippen molar-refractivity contribution in [2.24, 2.45) is 0 Å². The van der Waals surface area contributed by atoms with Gasteiger partial charge in [0.2, 0.25) is 0 Å². The Hall–Kier alpha value is -1.63. The van der Waals surface area contributed by atoms with E-state index in [1.165, 1.54) is 19.1 Å². The van der Waals surface area contributed by atoms with E-state index < -0.39 is 40.8 Å². The van der Waals surface area contributed by atoms with E-state index >= 15 is 0 Å². The van der Waals surface area contributed by atoms with Crippen molar-refractivity contribution in [3.8, 4) is 0 Å². The van der Waals surface area contributed by atoms with Gasteiger partial charge in [-0.05, 0) is 25.1 Å². The van der Waals surface area contributed by atoms with Crippen molar-refractivity contribution in [2.45, 2.75) is 13.0 Å². The van der Waals surface area contributed by atoms with E-state index in [9.17, 15) is 22.0 Å². The zero-order valence-electron chi connectivity index (χ0n) is 10.7. The van der Waals surface area contributed by atoms with Gasteiger partial charge in [0.15, 0.2) is 23.3 Å². The molecule has 0 aliphatic heterocycles. The van der Waals surface area contributed by atoms with Crippen molar-refractivity contribution in [3.63, 3.8) is 0 Å². The molecule has 0 spiro atoms. The van der Waals surface area contributed by atoms with Gasteiger partial charge >= 0.3 is 0 Å². The third kappa shape index (κ3) is 3.18. The summed E-state index contributed by atoms with van der Waals surface area (Å²) < 4.78 is 67.6. The van der Waals surface area contributed by atoms with Crippen molar-refractivity contribution in [1.82, 2.24) is 0 Å². The Kier molecular flexibility index (Phi) is 4.51. The minimum absolute atomic E-state index is 0.0906. The molecule has 0 amide bonds. The van der Waals surface area contributed by atoms with Gasteiger partial charge < -0.3 is 5.32 Å². The lowest BCUT2D eigenvalue weighted by Gasteiger charge is -2.18. The Morgan fingerprint density at radius 3 is 2.05 bits per heavy atom. The average Bonchev–Trinajstić information content (AvgIpc) is 2.43. The zero-order chi connectivity index (χ0) is 15.7. The lowest BCUT2D eigenvalue weighted by Crippen LogP contribution is -2.13. The van der Waals surface area contributed by atoms with Gasteiger partial charge in [-0.3, -0.25) is 0 Å². The molecular weight excluding hydrogens is 357 g/mol. The summed E-state index contributed by atoms with van der Waals surface area (Å²) in [7, 11) is 0. The Morgan fingerprint density at radius 1 is 0.905 bits per heavy atom. The van der Waals surface area contributed by atoms with E-state index in [2.05, 4.69) is 21.2 Å². The van der Waals surface area contributed by atoms with Gasteiger partial charge in [-0.15, -0.1) is 0 Å². The number of hydrogen-bond acceptors (Lipinski definition) is 1. The van der Waals surface area contributed by atoms with Gasteiger partial charge in [0, 0.05) is 16.1 Å². The normalized spacial score (nSPS) is 12.3. The number of rotatable bonds is 3. The summed E-state index contributed by atoms with van der Waals surface area (Å²) in [4.78, 5) is 0. The Morgan fingerprint density at radius 2 is 1.48 bits per heavy atom. The highest BCUT2D eigenvalue weighted by molar-refractivity contribution is 9.10. The standard InChI is InChI=1S/C14H9BrF5N/c1-6(8-4-7(15)2-3-9(8)16)21-14-12(19)10(17)5-11(18)13(14)20/h2-6,21H,1H3. The summed E-state index contributed by atoms with van der Waals surface area (Å²) in [5.74, 6) is -6.79. The lowest BCUT2D eigenvalue weighted by molar-refractivity contribution is 0.456. The van der Waals surface area contributed by atoms with Crippen LogP contribution < -0.4 is 5.32 Å². The van der Waals surface area contributed by atoms with Gasteiger partial charge in [-0.1, -0.05) is 15.9 Å². The molecule has 0 fully saturated rings. The summed E-state index contributed by atoms with van der Waals surface area (Å²) in [5.41, 5.74) is -0.882. The minimum atomic E-state index is -1.56. The number of anilines is 1. The topological polar surface area (TPSA) is 12.0 Å². The first-order valence-corrected chi connectivity index (χ1v) is 6.65. The molecule has 7 heteroatoms. The molecule has 21 heavy (non-hydrogen) atoms. The number of halogens is 6. The average molecular weight is 366 g/mol. The SMILES string of the molecule is CC(Nc1c(F)c(F)cc(F)c1F)c1cc(Br)ccc1F. The van der Waals surface area contributed by atoms with Crippen LogP contribution in [-0.4, -0.2) is 0 Å². The minimum Gasteiger partial charge on any atom is -0.373 e. The maximum absolute atomic E-state index is 13.7. The van der Waals surface area contributed by atoms with Crippen LogP contribution in [0.3, 0.4) is 0 Å². The van der Waals surface area contributed by atoms with Gasteiger partial charge in [0.25, 0.3) is 0 Å². The van der Waals surface area contributed by atoms with Crippen LogP contribution in [0.25, 0.3) is 0 Å². The molecule has 1 atom stereocenters. The van der Waals surface area contributed by atoms with Crippen LogP contribution in [0.5, 0.6) is 0 Å². The van der Waals surface area contributed by atoms with E-state index in [1.807, 2.05) is 0 Å². The van der Waals surface area contributed by atoms with E-state index in [1.54, 1.807) is 0 Å². The first-order chi connectivity index (χ1) is 9.81. The van der Waals surface area contributed by atoms with Crippen molar-refractivity contribution in [2.75, 3.05) is 5.32 Å². The number of nitrogens with one attached hydrogen (secondary N) is 1. The molecule has 112 valence electrons. The van der Waals surface area contributed by atoms with Crippen molar-refractivity contribution in [1.29, 1.82) is 0 Å². The summed E-state index contributed by atoms with van der Waals surface area (Å²) in [6.45, 7) is 1.41. The fourth-order valence-corrected chi connectivity index (χ4v) is 2.22. The predicted molar refractivity (Wildman–Crippen MR) is 72.4 cm³/mol. The fraction of sp³-hybridized carbons (Fsp3) is 0.143. The monoisotopic (exact) mass is 365 g/mol. The summed E-state index contributed by atoms with van der Waals surface area (Å²) in [5, 5.41) is 2.25. The molecule has 0 radical (unpaired) electrons. The first-order valence-electron chi connectivity index (χ1n) is 5.85. The smallest absolute Gasteiger partial charge is 0.185 e. The summed E-state index contributed by atoms with van der Waals surface area (Å²) in [6.07, 6.45) is 0. The van der Waals surface area contributed by atoms with Crippen LogP contribution in [0.15, 0.2) is 28.7 Å². The highest BCUT2D eigenvalue weighted by Crippen LogP contribution is 2.29. The molecule has 0 aliphatic rings. The molecule has 1 N–H and O–H groups in total. The zero-order valence-corrected chi connectivity index (χ0v) is 12.2. The van der Waals surface area contributed by atoms with Gasteiger partial charge in [-0.2, -0.15) is 0 Å². The first kappa shape index (κ1) is 15.8. The van der Waals surface area contributed by atoms with E-state index in [0.717, 1.165) is 6.07 Å². The molecule has 0 saturated carbocycles. The predicted octanol–water partition coefficient (Wildman–Crippen LogP) is 5.32. The molecule has 0 heterocycles. The summed E-state index contributed by atoms with van der Waals surface area (Å²) >= 11 is 3.14. The van der Waals surface area contributed by atoms with Crippen LogP contribution in [-0.2, 0) is 0 Å². The molecule has 0 aromatic heterocycles. The maximum atomic E-state index is 13.7. The lowest BCUT2D eigenvalue weighted by atomic mass is 10.1. The van der Waals surface area contributed by atoms with Crippen LogP contribution >= 0.6 is 15.9 Å². The second-order valence-electron chi connectivity index (χ2n) is 4.38. The Balaban J connectivity index is 2.40. The molecule has 0 bridgehead atoms. The van der Waals surface area contributed by atoms with Crippen molar-refractivity contribution >= 4 is 21.6 Å². The number of hydrogen-bond donors (Lipinski definition) is 1. The van der Waals surface area contributed by atoms with E-state index in [0.29, 0.717) is 4.47 Å². The van der Waals surface area contributed by atoms with Gasteiger partial charge in [-0.25, -0.2) is 22.0 Å². The highest BCUT2D eigenvalue weighted by Gasteiger charge is 2.22. The Labute approximate surface area is 125 Å². The van der Waals surface area contributed by atoms with Crippen molar-refractivity contribution < 1.29 is 22.0 Å². The second-order valence-corrected chi connectivity index (χ2v) is 5.29. The number of benzene rings is 2. The van der Waals surface area contributed by atoms with Gasteiger partial charge in [0.1, 0.15) is 11.5 Å². The maximum Gasteiger partial charge on any atom is 0.185 e. The molecule has 2 aromatic rings. The molecule has 1 nitrogen and oxygen atoms in total. The van der Waals surface area contributed by atoms with Crippen LogP contribution in [0.2, 0.25) is 0 Å². The molecule has 2 rings (SSSR count). The quantitative estimate of drug-likeness (QED) is 0.573. The van der Waals surface area contributed by atoms with Crippen LogP contribution in [0, 0.1) is 29.1 Å². The van der Waals surface area contributed by atoms with E-state index in [4.69, 9.17) is 0 Å². The molecule has 0 aliphatic carbocycles. The van der Waals surface area contributed by atoms with Gasteiger partial charge in [0.05, 0.1) is 6.04 Å². The Bertz CT molecular complexity index is 663. The fourth-order valence-electron chi connectivity index (χ4n) is 1.84. The highest BCUT2D eigenvalue weighted by atomic mass is 79.9. The molecule has 0 saturated heterocycles. The molecule has 2 aromatic carbocycles. The third-order valence-corrected chi connectivity index (χ3v) is 3.39. The molecule has 1 unspecified atom stereocenters. The van der Waals surface area contributed by atoms with Crippen molar-refractivity contribution in [3.05, 3.63) is 63.4 Å². The third-order valence-electron chi connectivity index (χ3n) is 2.90. The second kappa shape index (κ2) is 6.01. The van der Waals surface area contributed by atoms with Crippen LogP contribution in [0.1, 0.15) is 18.5 Å². The molecular formula is C14H9BrF5N. The van der Waals surface area contributed by atoms with E-state index in [-0.39, 0.29) is 11.6 Å². The summed E-state index contributed by atoms with van der Waals surface area (Å²) in [6, 6.07) is 3.22. The van der Waals surface area contributed by atoms with Crippen LogP contribution in [0.4, 0.5) is 27.6 Å².